The van der Waals surface area contributed by atoms with Gasteiger partial charge in [0.2, 0.25) is 0 Å². The molecule has 368 valence electrons. The molecule has 0 radical (unpaired) electrons. The van der Waals surface area contributed by atoms with Gasteiger partial charge in [0.05, 0.1) is 39.1 Å². The average Bonchev–Trinajstić information content (AvgIpc) is 3.73. The summed E-state index contributed by atoms with van der Waals surface area (Å²) in [5.74, 6) is 0.466. The molecule has 70 heavy (non-hydrogen) atoms. The first kappa shape index (κ1) is 48.6. The lowest BCUT2D eigenvalue weighted by molar-refractivity contribution is -0.369. The van der Waals surface area contributed by atoms with Gasteiger partial charge in [-0.25, -0.2) is 0 Å². The van der Waals surface area contributed by atoms with Crippen molar-refractivity contribution in [2.75, 3.05) is 6.61 Å². The van der Waals surface area contributed by atoms with Gasteiger partial charge in [0, 0.05) is 10.5 Å². The fourth-order valence-electron chi connectivity index (χ4n) is 11.6. The van der Waals surface area contributed by atoms with E-state index in [1.54, 1.807) is 0 Å². The van der Waals surface area contributed by atoms with Crippen molar-refractivity contribution in [2.45, 2.75) is 146 Å². The second-order valence-electron chi connectivity index (χ2n) is 20.3. The van der Waals surface area contributed by atoms with Crippen molar-refractivity contribution in [3.8, 4) is 0 Å². The van der Waals surface area contributed by atoms with Gasteiger partial charge in [-0.05, 0) is 63.8 Å². The molecular formula is C57H65N3O10. The molecular weight excluding hydrogens is 887 g/mol. The molecule has 0 unspecified atom stereocenters. The van der Waals surface area contributed by atoms with E-state index in [4.69, 9.17) is 42.6 Å². The zero-order valence-electron chi connectivity index (χ0n) is 40.1. The van der Waals surface area contributed by atoms with Crippen LogP contribution in [0, 0.1) is 16.7 Å². The second kappa shape index (κ2) is 21.8. The zero-order valence-corrected chi connectivity index (χ0v) is 40.1. The summed E-state index contributed by atoms with van der Waals surface area (Å²) in [5, 5.41) is 17.6. The van der Waals surface area contributed by atoms with Gasteiger partial charge in [0.1, 0.15) is 61.0 Å². The Hall–Kier alpha value is -4.99. The Bertz CT molecular complexity index is 2470. The maximum absolute atomic E-state index is 13.3. The minimum atomic E-state index is -1.35. The normalized spacial score (nSPS) is 34.3. The van der Waals surface area contributed by atoms with E-state index in [9.17, 15) is 10.6 Å². The monoisotopic (exact) mass is 951 g/mol. The average molecular weight is 952 g/mol. The minimum absolute atomic E-state index is 0.0194. The SMILES string of the molecule is CC1(C)[C@H]2CC[C@]1(C)[C@@H](O[C@H]1[C@@H](O)[C@H](O[C@H]3O[C@@H]4CO[C@@H](c5ccccc5)O[C@H]4[C@H](OCc4ccccc4)[C@H]3N=[N+]=[N-])[C@@H](OCc3ccccc3)[C@H](OCc3ccccc3)[C@H]1OCc1ccccc1)C2. The van der Waals surface area contributed by atoms with E-state index in [0.717, 1.165) is 47.1 Å². The van der Waals surface area contributed by atoms with E-state index in [-0.39, 0.29) is 50.0 Å². The molecule has 15 atom stereocenters. The van der Waals surface area contributed by atoms with Crippen molar-refractivity contribution in [3.63, 3.8) is 0 Å². The third-order valence-electron chi connectivity index (χ3n) is 16.0. The molecule has 1 N–H and O–H groups in total. The Morgan fingerprint density at radius 3 is 1.51 bits per heavy atom. The van der Waals surface area contributed by atoms with Crippen molar-refractivity contribution in [2.24, 2.45) is 21.9 Å². The van der Waals surface area contributed by atoms with Crippen molar-refractivity contribution in [1.82, 2.24) is 0 Å². The van der Waals surface area contributed by atoms with Crippen LogP contribution in [0.25, 0.3) is 10.4 Å². The van der Waals surface area contributed by atoms with Crippen LogP contribution in [0.4, 0.5) is 0 Å². The molecule has 2 heterocycles. The van der Waals surface area contributed by atoms with Crippen LogP contribution in [0.1, 0.15) is 74.1 Å². The smallest absolute Gasteiger partial charge is 0.184 e. The maximum Gasteiger partial charge on any atom is 0.184 e. The van der Waals surface area contributed by atoms with Crippen LogP contribution in [0.15, 0.2) is 157 Å². The lowest BCUT2D eigenvalue weighted by atomic mass is 9.70. The highest BCUT2D eigenvalue weighted by atomic mass is 16.8. The van der Waals surface area contributed by atoms with Gasteiger partial charge in [-0.3, -0.25) is 0 Å². The first-order valence-corrected chi connectivity index (χ1v) is 24.8. The summed E-state index contributed by atoms with van der Waals surface area (Å²) in [5.41, 5.74) is 14.7. The van der Waals surface area contributed by atoms with Crippen LogP contribution in [-0.4, -0.2) is 85.1 Å². The summed E-state index contributed by atoms with van der Waals surface area (Å²) in [7, 11) is 0. The van der Waals surface area contributed by atoms with Gasteiger partial charge in [0.25, 0.3) is 0 Å². The predicted octanol–water partition coefficient (Wildman–Crippen LogP) is 10.2. The Labute approximate surface area is 410 Å². The zero-order chi connectivity index (χ0) is 48.1. The largest absolute Gasteiger partial charge is 0.387 e. The highest BCUT2D eigenvalue weighted by molar-refractivity contribution is 5.20. The first-order chi connectivity index (χ1) is 34.2. The quantitative estimate of drug-likeness (QED) is 0.0510. The van der Waals surface area contributed by atoms with Crippen molar-refractivity contribution in [1.29, 1.82) is 0 Å². The number of ether oxygens (including phenoxy) is 9. The van der Waals surface area contributed by atoms with Gasteiger partial charge >= 0.3 is 0 Å². The highest BCUT2D eigenvalue weighted by Crippen LogP contribution is 2.66. The molecule has 0 aromatic heterocycles. The third kappa shape index (κ3) is 10.2. The molecule has 3 saturated carbocycles. The predicted molar refractivity (Wildman–Crippen MR) is 260 cm³/mol. The summed E-state index contributed by atoms with van der Waals surface area (Å²) in [6, 6.07) is 48.2. The van der Waals surface area contributed by atoms with Crippen molar-refractivity contribution >= 4 is 0 Å². The van der Waals surface area contributed by atoms with Crippen LogP contribution in [0.3, 0.4) is 0 Å². The number of aliphatic hydroxyl groups is 1. The van der Waals surface area contributed by atoms with Gasteiger partial charge in [-0.2, -0.15) is 0 Å². The summed E-state index contributed by atoms with van der Waals surface area (Å²) in [4.78, 5) is 3.34. The molecule has 13 heteroatoms. The number of fused-ring (bicyclic) bond motifs is 3. The molecule has 2 bridgehead atoms. The number of azide groups is 1. The van der Waals surface area contributed by atoms with E-state index < -0.39 is 73.6 Å². The molecule has 2 aliphatic heterocycles. The standard InChI is InChI=1S/C57H65N3O10/c1-56(2)42-29-30-57(56,3)44(31-42)68-49-46(61)50(52(64-34-39-23-13-6-14-24-39)53(65-35-40-25-15-7-16-26-40)51(49)63-33-38-21-11-5-12-22-38)70-55-45(59-60-58)48(62-32-37-19-9-4-10-20-37)47-43(67-55)36-66-54(69-47)41-27-17-8-18-28-41/h4-28,42-55,61H,29-36H2,1-3H3/t42-,43+,44-,45+,46+,47+,48+,49-,50-,51-,52+,53+,54+,55+,57+/m0/s1. The minimum Gasteiger partial charge on any atom is -0.387 e. The second-order valence-corrected chi connectivity index (χ2v) is 20.3. The highest BCUT2D eigenvalue weighted by Gasteiger charge is 2.64. The maximum atomic E-state index is 13.3. The van der Waals surface area contributed by atoms with Crippen molar-refractivity contribution in [3.05, 3.63) is 190 Å². The Balaban J connectivity index is 1.04. The van der Waals surface area contributed by atoms with Crippen LogP contribution < -0.4 is 0 Å². The van der Waals surface area contributed by atoms with Crippen LogP contribution >= 0.6 is 0 Å². The Kier molecular flexibility index (Phi) is 15.1. The number of aliphatic hydroxyl groups excluding tert-OH is 1. The summed E-state index contributed by atoms with van der Waals surface area (Å²) in [6.07, 6.45) is -7.59. The molecule has 5 aliphatic rings. The van der Waals surface area contributed by atoms with Gasteiger partial charge in [-0.15, -0.1) is 0 Å². The Morgan fingerprint density at radius 2 is 1.06 bits per heavy atom. The van der Waals surface area contributed by atoms with Crippen molar-refractivity contribution < 1.29 is 47.7 Å². The summed E-state index contributed by atoms with van der Waals surface area (Å²) < 4.78 is 62.3. The number of rotatable bonds is 18. The van der Waals surface area contributed by atoms with E-state index in [2.05, 4.69) is 30.8 Å². The molecule has 10 rings (SSSR count). The topological polar surface area (TPSA) is 152 Å². The fraction of sp³-hybridized carbons (Fsp3) is 0.474. The molecule has 3 aliphatic carbocycles. The Morgan fingerprint density at radius 1 is 0.600 bits per heavy atom. The van der Waals surface area contributed by atoms with Gasteiger partial charge in [0.15, 0.2) is 12.6 Å². The van der Waals surface area contributed by atoms with Crippen LogP contribution in [-0.2, 0) is 69.1 Å². The molecule has 5 aromatic carbocycles. The van der Waals surface area contributed by atoms with E-state index >= 15 is 0 Å². The lowest BCUT2D eigenvalue weighted by Gasteiger charge is -2.53. The molecule has 5 aromatic rings. The van der Waals surface area contributed by atoms with Crippen LogP contribution in [0.5, 0.6) is 0 Å². The summed E-state index contributed by atoms with van der Waals surface area (Å²) in [6.45, 7) is 7.95. The molecule has 0 spiro atoms. The fourth-order valence-corrected chi connectivity index (χ4v) is 11.6. The lowest BCUT2D eigenvalue weighted by Crippen LogP contribution is -2.69. The number of hydrogen-bond donors (Lipinski definition) is 1. The van der Waals surface area contributed by atoms with Gasteiger partial charge in [-0.1, -0.05) is 178 Å². The molecule has 2 saturated heterocycles. The third-order valence-corrected chi connectivity index (χ3v) is 16.0. The van der Waals surface area contributed by atoms with Gasteiger partial charge < -0.3 is 47.7 Å². The first-order valence-electron chi connectivity index (χ1n) is 24.8. The number of nitrogens with zero attached hydrogens (tertiary/aromatic N) is 3. The molecule has 5 fully saturated rings. The van der Waals surface area contributed by atoms with E-state index in [1.165, 1.54) is 0 Å². The number of benzene rings is 5. The molecule has 13 nitrogen and oxygen atoms in total. The summed E-state index contributed by atoms with van der Waals surface area (Å²) >= 11 is 0. The number of hydrogen-bond acceptors (Lipinski definition) is 11. The molecule has 0 amide bonds. The van der Waals surface area contributed by atoms with E-state index in [0.29, 0.717) is 5.92 Å². The van der Waals surface area contributed by atoms with Crippen LogP contribution in [0.2, 0.25) is 0 Å². The van der Waals surface area contributed by atoms with E-state index in [1.807, 2.05) is 152 Å².